The summed E-state index contributed by atoms with van der Waals surface area (Å²) in [6.45, 7) is 5.29. The summed E-state index contributed by atoms with van der Waals surface area (Å²) in [6, 6.07) is 0. The number of hydrogen-bond donors (Lipinski definition) is 1. The van der Waals surface area contributed by atoms with Crippen LogP contribution in [0.1, 0.15) is 11.4 Å². The van der Waals surface area contributed by atoms with Gasteiger partial charge in [-0.2, -0.15) is 0 Å². The predicted octanol–water partition coefficient (Wildman–Crippen LogP) is 0.526. The maximum Gasteiger partial charge on any atom is 0.137 e. The highest BCUT2D eigenvalue weighted by molar-refractivity contribution is 5.57. The van der Waals surface area contributed by atoms with Gasteiger partial charge in [0.25, 0.3) is 0 Å². The van der Waals surface area contributed by atoms with Crippen molar-refractivity contribution in [3.63, 3.8) is 0 Å². The molecule has 18 heavy (non-hydrogen) atoms. The van der Waals surface area contributed by atoms with Crippen molar-refractivity contribution in [1.82, 2.24) is 9.97 Å². The third-order valence-corrected chi connectivity index (χ3v) is 3.39. The molecule has 1 aromatic heterocycles. The van der Waals surface area contributed by atoms with Crippen molar-refractivity contribution in [3.8, 4) is 0 Å². The highest BCUT2D eigenvalue weighted by Gasteiger charge is 2.34. The zero-order valence-electron chi connectivity index (χ0n) is 11.3. The van der Waals surface area contributed by atoms with Gasteiger partial charge in [0, 0.05) is 32.9 Å². The molecule has 6 heteroatoms. The molecule has 2 heterocycles. The lowest BCUT2D eigenvalue weighted by molar-refractivity contribution is -0.00461. The molecule has 0 radical (unpaired) electrons. The molecule has 0 aromatic carbocycles. The second-order valence-electron chi connectivity index (χ2n) is 4.56. The summed E-state index contributed by atoms with van der Waals surface area (Å²) in [5, 5.41) is 0. The van der Waals surface area contributed by atoms with Crippen molar-refractivity contribution in [2.75, 3.05) is 37.9 Å². The van der Waals surface area contributed by atoms with Gasteiger partial charge in [0.05, 0.1) is 0 Å². The predicted molar refractivity (Wildman–Crippen MR) is 69.7 cm³/mol. The summed E-state index contributed by atoms with van der Waals surface area (Å²) in [7, 11) is 3.40. The topological polar surface area (TPSA) is 73.5 Å². The highest BCUT2D eigenvalue weighted by Crippen LogP contribution is 2.26. The minimum absolute atomic E-state index is 0.0610. The molecule has 1 saturated heterocycles. The van der Waals surface area contributed by atoms with Crippen molar-refractivity contribution < 1.29 is 9.47 Å². The van der Waals surface area contributed by atoms with Crippen LogP contribution in [0.3, 0.4) is 0 Å². The zero-order valence-corrected chi connectivity index (χ0v) is 11.3. The molecule has 1 aliphatic heterocycles. The summed E-state index contributed by atoms with van der Waals surface area (Å²) >= 11 is 0. The van der Waals surface area contributed by atoms with E-state index < -0.39 is 0 Å². The van der Waals surface area contributed by atoms with E-state index in [1.165, 1.54) is 0 Å². The second kappa shape index (κ2) is 5.07. The summed E-state index contributed by atoms with van der Waals surface area (Å²) < 4.78 is 10.9. The molecule has 0 aliphatic carbocycles. The van der Waals surface area contributed by atoms with E-state index in [1.54, 1.807) is 14.2 Å². The molecule has 0 bridgehead atoms. The van der Waals surface area contributed by atoms with Crippen LogP contribution >= 0.6 is 0 Å². The number of aromatic nitrogens is 2. The maximum absolute atomic E-state index is 5.88. The Morgan fingerprint density at radius 2 is 1.67 bits per heavy atom. The SMILES string of the molecule is COC1CN(c2nc(C)nc(N)c2C)CC1OC. The fraction of sp³-hybridized carbons (Fsp3) is 0.667. The Morgan fingerprint density at radius 1 is 1.11 bits per heavy atom. The zero-order chi connectivity index (χ0) is 13.3. The lowest BCUT2D eigenvalue weighted by Crippen LogP contribution is -2.27. The monoisotopic (exact) mass is 252 g/mol. The van der Waals surface area contributed by atoms with E-state index in [4.69, 9.17) is 15.2 Å². The van der Waals surface area contributed by atoms with E-state index in [0.29, 0.717) is 11.6 Å². The number of rotatable bonds is 3. The number of ether oxygens (including phenoxy) is 2. The molecule has 1 fully saturated rings. The molecule has 0 saturated carbocycles. The third-order valence-electron chi connectivity index (χ3n) is 3.39. The van der Waals surface area contributed by atoms with Gasteiger partial charge >= 0.3 is 0 Å². The average Bonchev–Trinajstić information content (AvgIpc) is 2.76. The number of hydrogen-bond acceptors (Lipinski definition) is 6. The molecule has 1 aliphatic rings. The van der Waals surface area contributed by atoms with Gasteiger partial charge in [-0.05, 0) is 13.8 Å². The molecule has 0 amide bonds. The minimum atomic E-state index is 0.0610. The fourth-order valence-corrected chi connectivity index (χ4v) is 2.31. The van der Waals surface area contributed by atoms with Crippen molar-refractivity contribution in [1.29, 1.82) is 0 Å². The maximum atomic E-state index is 5.88. The van der Waals surface area contributed by atoms with Crippen molar-refractivity contribution in [2.45, 2.75) is 26.1 Å². The quantitative estimate of drug-likeness (QED) is 0.845. The van der Waals surface area contributed by atoms with Crippen LogP contribution in [-0.4, -0.2) is 49.5 Å². The number of anilines is 2. The first kappa shape index (κ1) is 13.0. The van der Waals surface area contributed by atoms with Gasteiger partial charge in [-0.3, -0.25) is 0 Å². The fourth-order valence-electron chi connectivity index (χ4n) is 2.31. The molecule has 2 atom stereocenters. The Bertz CT molecular complexity index is 426. The van der Waals surface area contributed by atoms with Crippen LogP contribution in [0, 0.1) is 13.8 Å². The van der Waals surface area contributed by atoms with Gasteiger partial charge in [0.2, 0.25) is 0 Å². The Hall–Kier alpha value is -1.40. The van der Waals surface area contributed by atoms with Gasteiger partial charge in [-0.1, -0.05) is 0 Å². The highest BCUT2D eigenvalue weighted by atomic mass is 16.5. The average molecular weight is 252 g/mol. The van der Waals surface area contributed by atoms with E-state index in [0.717, 1.165) is 24.5 Å². The molecular weight excluding hydrogens is 232 g/mol. The third kappa shape index (κ3) is 2.26. The molecule has 2 N–H and O–H groups in total. The van der Waals surface area contributed by atoms with Crippen LogP contribution in [0.15, 0.2) is 0 Å². The molecule has 1 aromatic rings. The molecule has 100 valence electrons. The Balaban J connectivity index is 2.28. The van der Waals surface area contributed by atoms with E-state index in [-0.39, 0.29) is 12.2 Å². The van der Waals surface area contributed by atoms with Crippen LogP contribution < -0.4 is 10.6 Å². The van der Waals surface area contributed by atoms with Gasteiger partial charge in [-0.15, -0.1) is 0 Å². The molecule has 6 nitrogen and oxygen atoms in total. The number of nitrogens with zero attached hydrogens (tertiary/aromatic N) is 3. The van der Waals surface area contributed by atoms with Gasteiger partial charge in [0.1, 0.15) is 29.7 Å². The summed E-state index contributed by atoms with van der Waals surface area (Å²) in [4.78, 5) is 10.8. The van der Waals surface area contributed by atoms with Gasteiger partial charge in [-0.25, -0.2) is 9.97 Å². The van der Waals surface area contributed by atoms with Crippen LogP contribution in [0.5, 0.6) is 0 Å². The lowest BCUT2D eigenvalue weighted by Gasteiger charge is -2.20. The minimum Gasteiger partial charge on any atom is -0.383 e. The summed E-state index contributed by atoms with van der Waals surface area (Å²) in [6.07, 6.45) is 0.122. The standard InChI is InChI=1S/C12H20N4O2/c1-7-11(13)14-8(2)15-12(7)16-5-9(17-3)10(6-16)18-4/h9-10H,5-6H2,1-4H3,(H2,13,14,15). The first-order valence-corrected chi connectivity index (χ1v) is 5.98. The molecule has 0 spiro atoms. The molecule has 2 unspecified atom stereocenters. The lowest BCUT2D eigenvalue weighted by atomic mass is 10.3. The van der Waals surface area contributed by atoms with E-state index in [2.05, 4.69) is 14.9 Å². The van der Waals surface area contributed by atoms with Crippen LogP contribution in [-0.2, 0) is 9.47 Å². The number of aryl methyl sites for hydroxylation is 1. The van der Waals surface area contributed by atoms with Crippen molar-refractivity contribution >= 4 is 11.6 Å². The molecular formula is C12H20N4O2. The first-order chi connectivity index (χ1) is 8.56. The Labute approximate surface area is 107 Å². The summed E-state index contributed by atoms with van der Waals surface area (Å²) in [5.41, 5.74) is 6.79. The normalized spacial score (nSPS) is 23.7. The second-order valence-corrected chi connectivity index (χ2v) is 4.56. The van der Waals surface area contributed by atoms with Crippen LogP contribution in [0.2, 0.25) is 0 Å². The van der Waals surface area contributed by atoms with Gasteiger partial charge in [0.15, 0.2) is 0 Å². The largest absolute Gasteiger partial charge is 0.383 e. The van der Waals surface area contributed by atoms with E-state index in [9.17, 15) is 0 Å². The number of nitrogen functional groups attached to an aromatic ring is 1. The first-order valence-electron chi connectivity index (χ1n) is 5.98. The van der Waals surface area contributed by atoms with Crippen molar-refractivity contribution in [3.05, 3.63) is 11.4 Å². The summed E-state index contributed by atoms with van der Waals surface area (Å²) in [5.74, 6) is 2.09. The number of nitrogens with two attached hydrogens (primary N) is 1. The van der Waals surface area contributed by atoms with Crippen molar-refractivity contribution in [2.24, 2.45) is 0 Å². The Kier molecular flexibility index (Phi) is 3.68. The Morgan fingerprint density at radius 3 is 2.17 bits per heavy atom. The van der Waals surface area contributed by atoms with Crippen LogP contribution in [0.25, 0.3) is 0 Å². The van der Waals surface area contributed by atoms with Gasteiger partial charge < -0.3 is 20.1 Å². The molecule has 2 rings (SSSR count). The number of methoxy groups -OCH3 is 2. The van der Waals surface area contributed by atoms with E-state index >= 15 is 0 Å². The van der Waals surface area contributed by atoms with E-state index in [1.807, 2.05) is 13.8 Å². The van der Waals surface area contributed by atoms with Crippen LogP contribution in [0.4, 0.5) is 11.6 Å². The smallest absolute Gasteiger partial charge is 0.137 e.